The van der Waals surface area contributed by atoms with E-state index in [2.05, 4.69) is 9.50 Å². The van der Waals surface area contributed by atoms with Crippen LogP contribution in [-0.2, 0) is 19.1 Å². The van der Waals surface area contributed by atoms with Crippen LogP contribution in [0.15, 0.2) is 29.2 Å². The molecule has 0 heterocycles. The summed E-state index contributed by atoms with van der Waals surface area (Å²) in [6.45, 7) is 1.89. The molecule has 21 heavy (non-hydrogen) atoms. The van der Waals surface area contributed by atoms with Gasteiger partial charge in [-0.2, -0.15) is 8.42 Å². The second kappa shape index (κ2) is 7.02. The summed E-state index contributed by atoms with van der Waals surface area (Å²) in [5.74, 6) is -0.712. The first-order valence-electron chi connectivity index (χ1n) is 6.57. The van der Waals surface area contributed by atoms with Crippen molar-refractivity contribution in [3.05, 3.63) is 29.8 Å². The van der Waals surface area contributed by atoms with Gasteiger partial charge in [0.15, 0.2) is 0 Å². The summed E-state index contributed by atoms with van der Waals surface area (Å²) < 4.78 is 26.5. The maximum absolute atomic E-state index is 11.1. The molecule has 2 rings (SSSR count). The molecule has 0 bridgehead atoms. The van der Waals surface area contributed by atoms with Crippen molar-refractivity contribution in [2.45, 2.75) is 36.6 Å². The van der Waals surface area contributed by atoms with Gasteiger partial charge in [0.2, 0.25) is 0 Å². The summed E-state index contributed by atoms with van der Waals surface area (Å²) >= 11 is 0. The van der Waals surface area contributed by atoms with E-state index in [0.29, 0.717) is 0 Å². The van der Waals surface area contributed by atoms with E-state index < -0.39 is 21.6 Å². The quantitative estimate of drug-likeness (QED) is 0.819. The van der Waals surface area contributed by atoms with Gasteiger partial charge in [-0.25, -0.2) is 0 Å². The summed E-state index contributed by atoms with van der Waals surface area (Å²) in [6.07, 6.45) is 2.59. The van der Waals surface area contributed by atoms with Crippen LogP contribution in [-0.4, -0.2) is 39.2 Å². The minimum absolute atomic E-state index is 0.190. The second-order valence-corrected chi connectivity index (χ2v) is 6.64. The van der Waals surface area contributed by atoms with Crippen molar-refractivity contribution in [1.82, 2.24) is 5.32 Å². The number of carbonyl (C=O) groups is 1. The average molecular weight is 315 g/mol. The number of aliphatic carboxylic acids is 1. The molecule has 0 saturated heterocycles. The molecule has 0 amide bonds. The van der Waals surface area contributed by atoms with Crippen LogP contribution in [0.5, 0.6) is 0 Å². The molecule has 1 aromatic rings. The van der Waals surface area contributed by atoms with E-state index in [1.165, 1.54) is 12.1 Å². The molecular weight excluding hydrogens is 294 g/mol. The SMILES string of the molecule is CNC1(C(=O)O)CCC1.COS(=O)(=O)c1ccc(C)cc1. The highest BCUT2D eigenvalue weighted by Gasteiger charge is 2.42. The lowest BCUT2D eigenvalue weighted by atomic mass is 9.77. The molecule has 0 spiro atoms. The van der Waals surface area contributed by atoms with Gasteiger partial charge < -0.3 is 10.4 Å². The fraction of sp³-hybridized carbons (Fsp3) is 0.500. The predicted octanol–water partition coefficient (Wildman–Crippen LogP) is 1.54. The Labute approximate surface area is 125 Å². The van der Waals surface area contributed by atoms with Crippen LogP contribution in [0.25, 0.3) is 0 Å². The zero-order valence-electron chi connectivity index (χ0n) is 12.4. The number of carboxylic acids is 1. The molecule has 0 unspecified atom stereocenters. The minimum atomic E-state index is -3.51. The Hall–Kier alpha value is -1.44. The number of benzene rings is 1. The van der Waals surface area contributed by atoms with Gasteiger partial charge in [0.05, 0.1) is 12.0 Å². The molecule has 2 N–H and O–H groups in total. The van der Waals surface area contributed by atoms with Gasteiger partial charge in [-0.1, -0.05) is 17.7 Å². The number of hydrogen-bond donors (Lipinski definition) is 2. The maximum atomic E-state index is 11.1. The highest BCUT2D eigenvalue weighted by atomic mass is 32.2. The normalized spacial score (nSPS) is 16.3. The van der Waals surface area contributed by atoms with E-state index in [-0.39, 0.29) is 4.90 Å². The van der Waals surface area contributed by atoms with E-state index in [1.807, 2.05) is 6.92 Å². The smallest absolute Gasteiger partial charge is 0.323 e. The van der Waals surface area contributed by atoms with Crippen molar-refractivity contribution in [2.24, 2.45) is 0 Å². The first-order valence-corrected chi connectivity index (χ1v) is 7.98. The van der Waals surface area contributed by atoms with Crippen LogP contribution in [0.2, 0.25) is 0 Å². The van der Waals surface area contributed by atoms with Crippen molar-refractivity contribution >= 4 is 16.1 Å². The number of rotatable bonds is 4. The lowest BCUT2D eigenvalue weighted by Crippen LogP contribution is -2.55. The van der Waals surface area contributed by atoms with E-state index in [1.54, 1.807) is 19.2 Å². The monoisotopic (exact) mass is 315 g/mol. The summed E-state index contributed by atoms with van der Waals surface area (Å²) in [4.78, 5) is 10.7. The predicted molar refractivity (Wildman–Crippen MR) is 78.7 cm³/mol. The molecule has 1 fully saturated rings. The average Bonchev–Trinajstić information content (AvgIpc) is 2.39. The molecule has 118 valence electrons. The Morgan fingerprint density at radius 3 is 2.05 bits per heavy atom. The third-order valence-electron chi connectivity index (χ3n) is 3.62. The molecule has 1 saturated carbocycles. The van der Waals surface area contributed by atoms with E-state index in [4.69, 9.17) is 5.11 Å². The molecule has 6 nitrogen and oxygen atoms in total. The summed E-state index contributed by atoms with van der Waals surface area (Å²) in [6, 6.07) is 6.50. The van der Waals surface area contributed by atoms with Gasteiger partial charge in [-0.05, 0) is 45.4 Å². The van der Waals surface area contributed by atoms with Crippen LogP contribution >= 0.6 is 0 Å². The Morgan fingerprint density at radius 1 is 1.29 bits per heavy atom. The van der Waals surface area contributed by atoms with Crippen molar-refractivity contribution in [1.29, 1.82) is 0 Å². The molecule has 0 aliphatic heterocycles. The summed E-state index contributed by atoms with van der Waals surface area (Å²) in [5, 5.41) is 11.4. The van der Waals surface area contributed by atoms with Crippen LogP contribution < -0.4 is 5.32 Å². The topological polar surface area (TPSA) is 92.7 Å². The first kappa shape index (κ1) is 17.6. The Kier molecular flexibility index (Phi) is 5.88. The van der Waals surface area contributed by atoms with Crippen LogP contribution in [0.3, 0.4) is 0 Å². The van der Waals surface area contributed by atoms with Crippen molar-refractivity contribution in [3.8, 4) is 0 Å². The fourth-order valence-corrected chi connectivity index (χ4v) is 2.56. The largest absolute Gasteiger partial charge is 0.480 e. The summed E-state index contributed by atoms with van der Waals surface area (Å²) in [7, 11) is -0.665. The van der Waals surface area contributed by atoms with Gasteiger partial charge >= 0.3 is 5.97 Å². The zero-order valence-corrected chi connectivity index (χ0v) is 13.2. The number of likely N-dealkylation sites (N-methyl/N-ethyl adjacent to an activating group) is 1. The van der Waals surface area contributed by atoms with Crippen molar-refractivity contribution in [2.75, 3.05) is 14.2 Å². The third-order valence-corrected chi connectivity index (χ3v) is 4.91. The molecule has 7 heteroatoms. The molecular formula is C14H21NO5S. The highest BCUT2D eigenvalue weighted by Crippen LogP contribution is 2.31. The number of hydrogen-bond acceptors (Lipinski definition) is 5. The number of nitrogens with one attached hydrogen (secondary N) is 1. The van der Waals surface area contributed by atoms with Gasteiger partial charge in [-0.15, -0.1) is 0 Å². The van der Waals surface area contributed by atoms with Crippen molar-refractivity contribution in [3.63, 3.8) is 0 Å². The molecule has 1 aliphatic rings. The summed E-state index contributed by atoms with van der Waals surface area (Å²) in [5.41, 5.74) is 0.449. The zero-order chi connectivity index (χ0) is 16.1. The Balaban J connectivity index is 0.000000219. The first-order chi connectivity index (χ1) is 9.77. The Bertz CT molecular complexity index is 570. The van der Waals surface area contributed by atoms with Crippen LogP contribution in [0.1, 0.15) is 24.8 Å². The van der Waals surface area contributed by atoms with Crippen LogP contribution in [0, 0.1) is 6.92 Å². The van der Waals surface area contributed by atoms with Gasteiger partial charge in [0.1, 0.15) is 5.54 Å². The van der Waals surface area contributed by atoms with Crippen molar-refractivity contribution < 1.29 is 22.5 Å². The molecule has 0 atom stereocenters. The van der Waals surface area contributed by atoms with E-state index >= 15 is 0 Å². The molecule has 1 aliphatic carbocycles. The third kappa shape index (κ3) is 4.26. The van der Waals surface area contributed by atoms with Gasteiger partial charge in [0, 0.05) is 0 Å². The lowest BCUT2D eigenvalue weighted by molar-refractivity contribution is -0.148. The molecule has 0 aromatic heterocycles. The fourth-order valence-electron chi connectivity index (χ4n) is 1.90. The molecule has 1 aromatic carbocycles. The second-order valence-electron chi connectivity index (χ2n) is 4.92. The van der Waals surface area contributed by atoms with Gasteiger partial charge in [0.25, 0.3) is 10.1 Å². The minimum Gasteiger partial charge on any atom is -0.480 e. The molecule has 0 radical (unpaired) electrons. The van der Waals surface area contributed by atoms with E-state index in [9.17, 15) is 13.2 Å². The Morgan fingerprint density at radius 2 is 1.81 bits per heavy atom. The number of aryl methyl sites for hydroxylation is 1. The van der Waals surface area contributed by atoms with Crippen LogP contribution in [0.4, 0.5) is 0 Å². The number of carboxylic acid groups (broad SMARTS) is 1. The highest BCUT2D eigenvalue weighted by molar-refractivity contribution is 7.86. The lowest BCUT2D eigenvalue weighted by Gasteiger charge is -2.36. The van der Waals surface area contributed by atoms with E-state index in [0.717, 1.165) is 31.9 Å². The van der Waals surface area contributed by atoms with Gasteiger partial charge in [-0.3, -0.25) is 8.98 Å². The standard InChI is InChI=1S/C8H10O3S.C6H11NO2/c1-7-3-5-8(6-4-7)12(9,10)11-2;1-7-6(5(8)9)3-2-4-6/h3-6H,1-2H3;7H,2-4H2,1H3,(H,8,9). The maximum Gasteiger partial charge on any atom is 0.323 e.